The van der Waals surface area contributed by atoms with Crippen LogP contribution < -0.4 is 10.2 Å². The first-order valence-electron chi connectivity index (χ1n) is 10.0. The van der Waals surface area contributed by atoms with E-state index >= 15 is 0 Å². The number of para-hydroxylation sites is 1. The number of benzene rings is 1. The summed E-state index contributed by atoms with van der Waals surface area (Å²) in [5.74, 6) is -0.653. The molecular weight excluding hydrogens is 416 g/mol. The molecule has 1 aromatic carbocycles. The number of furan rings is 1. The lowest BCUT2D eigenvalue weighted by atomic mass is 10.1. The Morgan fingerprint density at radius 1 is 1.19 bits per heavy atom. The Labute approximate surface area is 182 Å². The van der Waals surface area contributed by atoms with E-state index in [1.54, 1.807) is 15.9 Å². The van der Waals surface area contributed by atoms with Crippen LogP contribution in [-0.4, -0.2) is 40.7 Å². The number of carbonyl (C=O) groups is 3. The molecule has 8 nitrogen and oxygen atoms in total. The molecule has 0 spiro atoms. The van der Waals surface area contributed by atoms with Crippen LogP contribution in [0.2, 0.25) is 0 Å². The maximum Gasteiger partial charge on any atom is 0.260 e. The van der Waals surface area contributed by atoms with E-state index in [0.29, 0.717) is 36.8 Å². The second-order valence-electron chi connectivity index (χ2n) is 7.61. The molecule has 3 amide bonds. The van der Waals surface area contributed by atoms with Crippen LogP contribution in [0.25, 0.3) is 0 Å². The van der Waals surface area contributed by atoms with E-state index in [1.165, 1.54) is 23.9 Å². The van der Waals surface area contributed by atoms with Crippen LogP contribution in [0.5, 0.6) is 0 Å². The summed E-state index contributed by atoms with van der Waals surface area (Å²) in [6, 6.07) is 11.0. The van der Waals surface area contributed by atoms with Gasteiger partial charge in [-0.2, -0.15) is 0 Å². The van der Waals surface area contributed by atoms with E-state index in [0.717, 1.165) is 16.3 Å². The summed E-state index contributed by atoms with van der Waals surface area (Å²) < 4.78 is 4.94. The van der Waals surface area contributed by atoms with Gasteiger partial charge in [-0.3, -0.25) is 19.7 Å². The molecule has 5 rings (SSSR count). The highest BCUT2D eigenvalue weighted by Gasteiger charge is 2.38. The van der Waals surface area contributed by atoms with Crippen LogP contribution in [0.15, 0.2) is 53.3 Å². The Bertz CT molecular complexity index is 1130. The van der Waals surface area contributed by atoms with E-state index in [1.807, 2.05) is 30.3 Å². The largest absolute Gasteiger partial charge is 0.472 e. The van der Waals surface area contributed by atoms with Crippen molar-refractivity contribution < 1.29 is 18.8 Å². The summed E-state index contributed by atoms with van der Waals surface area (Å²) in [7, 11) is 0. The van der Waals surface area contributed by atoms with Crippen LogP contribution in [0.4, 0.5) is 10.8 Å². The Balaban J connectivity index is 1.24. The molecule has 0 unspecified atom stereocenters. The van der Waals surface area contributed by atoms with Gasteiger partial charge in [-0.05, 0) is 18.2 Å². The molecule has 2 aliphatic rings. The molecule has 158 valence electrons. The second kappa shape index (κ2) is 7.99. The Kier molecular flexibility index (Phi) is 5.03. The van der Waals surface area contributed by atoms with Crippen molar-refractivity contribution in [2.75, 3.05) is 23.3 Å². The summed E-state index contributed by atoms with van der Waals surface area (Å²) >= 11 is 1.38. The highest BCUT2D eigenvalue weighted by Crippen LogP contribution is 2.31. The second-order valence-corrected chi connectivity index (χ2v) is 8.69. The molecule has 4 heterocycles. The van der Waals surface area contributed by atoms with Gasteiger partial charge in [0.1, 0.15) is 6.26 Å². The van der Waals surface area contributed by atoms with Gasteiger partial charge in [0.15, 0.2) is 5.13 Å². The topological polar surface area (TPSA) is 95.8 Å². The summed E-state index contributed by atoms with van der Waals surface area (Å²) in [5, 5.41) is 3.30. The highest BCUT2D eigenvalue weighted by atomic mass is 32.1. The third kappa shape index (κ3) is 3.84. The summed E-state index contributed by atoms with van der Waals surface area (Å²) in [5.41, 5.74) is 2.16. The SMILES string of the molecule is O=C(Nc1nc2c(s1)CN(C(=O)[C@H]1CC(=O)N(c3ccccc3)C1)CC2)c1ccoc1. The van der Waals surface area contributed by atoms with Crippen molar-refractivity contribution in [3.63, 3.8) is 0 Å². The standard InChI is InChI=1S/C22H20N4O4S/c27-19-10-15(11-26(19)16-4-2-1-3-5-16)21(29)25-8-6-17-18(12-25)31-22(23-17)24-20(28)14-7-9-30-13-14/h1-5,7,9,13,15H,6,8,10-12H2,(H,23,24,28)/t15-/m0/s1. The first-order valence-corrected chi connectivity index (χ1v) is 10.9. The molecule has 1 fully saturated rings. The molecule has 0 radical (unpaired) electrons. The van der Waals surface area contributed by atoms with Gasteiger partial charge in [0.2, 0.25) is 11.8 Å². The minimum atomic E-state index is -0.345. The number of carbonyl (C=O) groups excluding carboxylic acids is 3. The maximum absolute atomic E-state index is 13.1. The first-order chi connectivity index (χ1) is 15.1. The molecule has 0 bridgehead atoms. The molecule has 2 aliphatic heterocycles. The Hall–Kier alpha value is -3.46. The molecule has 2 aromatic heterocycles. The predicted octanol–water partition coefficient (Wildman–Crippen LogP) is 2.93. The van der Waals surface area contributed by atoms with Gasteiger partial charge in [-0.25, -0.2) is 4.98 Å². The quantitative estimate of drug-likeness (QED) is 0.679. The van der Waals surface area contributed by atoms with E-state index in [-0.39, 0.29) is 30.1 Å². The maximum atomic E-state index is 13.1. The van der Waals surface area contributed by atoms with Gasteiger partial charge in [0.05, 0.1) is 30.0 Å². The summed E-state index contributed by atoms with van der Waals surface area (Å²) in [4.78, 5) is 46.8. The number of nitrogens with one attached hydrogen (secondary N) is 1. The van der Waals surface area contributed by atoms with Gasteiger partial charge >= 0.3 is 0 Å². The fourth-order valence-electron chi connectivity index (χ4n) is 3.99. The normalized spacial score (nSPS) is 18.2. The van der Waals surface area contributed by atoms with E-state index in [4.69, 9.17) is 4.42 Å². The number of rotatable bonds is 4. The van der Waals surface area contributed by atoms with Crippen molar-refractivity contribution in [1.82, 2.24) is 9.88 Å². The zero-order chi connectivity index (χ0) is 21.4. The molecule has 0 saturated carbocycles. The Morgan fingerprint density at radius 3 is 2.81 bits per heavy atom. The van der Waals surface area contributed by atoms with E-state index in [9.17, 15) is 14.4 Å². The van der Waals surface area contributed by atoms with Crippen molar-refractivity contribution >= 4 is 39.9 Å². The van der Waals surface area contributed by atoms with E-state index < -0.39 is 0 Å². The van der Waals surface area contributed by atoms with Crippen LogP contribution in [0.3, 0.4) is 0 Å². The fraction of sp³-hybridized carbons (Fsp3) is 0.273. The third-order valence-electron chi connectivity index (χ3n) is 5.59. The lowest BCUT2D eigenvalue weighted by molar-refractivity contribution is -0.136. The van der Waals surface area contributed by atoms with Gasteiger partial charge in [0.25, 0.3) is 5.91 Å². The number of thiazole rings is 1. The van der Waals surface area contributed by atoms with Crippen LogP contribution in [-0.2, 0) is 22.6 Å². The molecule has 31 heavy (non-hydrogen) atoms. The van der Waals surface area contributed by atoms with Crippen molar-refractivity contribution in [2.24, 2.45) is 5.92 Å². The van der Waals surface area contributed by atoms with Crippen molar-refractivity contribution in [3.05, 3.63) is 65.1 Å². The van der Waals surface area contributed by atoms with Crippen LogP contribution in [0, 0.1) is 5.92 Å². The average molecular weight is 436 g/mol. The van der Waals surface area contributed by atoms with E-state index in [2.05, 4.69) is 10.3 Å². The molecule has 1 saturated heterocycles. The smallest absolute Gasteiger partial charge is 0.260 e. The van der Waals surface area contributed by atoms with Crippen molar-refractivity contribution in [1.29, 1.82) is 0 Å². The van der Waals surface area contributed by atoms with Gasteiger partial charge in [0, 0.05) is 36.5 Å². The van der Waals surface area contributed by atoms with Crippen LogP contribution >= 0.6 is 11.3 Å². The molecule has 0 aliphatic carbocycles. The number of fused-ring (bicyclic) bond motifs is 1. The van der Waals surface area contributed by atoms with Crippen LogP contribution in [0.1, 0.15) is 27.3 Å². The monoisotopic (exact) mass is 436 g/mol. The summed E-state index contributed by atoms with van der Waals surface area (Å²) in [6.07, 6.45) is 3.68. The van der Waals surface area contributed by atoms with Crippen molar-refractivity contribution in [2.45, 2.75) is 19.4 Å². The number of hydrogen-bond donors (Lipinski definition) is 1. The average Bonchev–Trinajstić information content (AvgIpc) is 3.52. The molecular formula is C22H20N4O4S. The lowest BCUT2D eigenvalue weighted by Gasteiger charge is -2.28. The van der Waals surface area contributed by atoms with Gasteiger partial charge in [-0.1, -0.05) is 29.5 Å². The number of aromatic nitrogens is 1. The third-order valence-corrected chi connectivity index (χ3v) is 6.59. The minimum Gasteiger partial charge on any atom is -0.472 e. The minimum absolute atomic E-state index is 0.00480. The number of nitrogens with zero attached hydrogens (tertiary/aromatic N) is 3. The zero-order valence-corrected chi connectivity index (χ0v) is 17.4. The zero-order valence-electron chi connectivity index (χ0n) is 16.6. The van der Waals surface area contributed by atoms with Gasteiger partial charge in [-0.15, -0.1) is 0 Å². The first kappa shape index (κ1) is 19.5. The highest BCUT2D eigenvalue weighted by molar-refractivity contribution is 7.15. The number of hydrogen-bond acceptors (Lipinski definition) is 6. The molecule has 3 aromatic rings. The molecule has 9 heteroatoms. The predicted molar refractivity (Wildman–Crippen MR) is 115 cm³/mol. The lowest BCUT2D eigenvalue weighted by Crippen LogP contribution is -2.40. The van der Waals surface area contributed by atoms with Gasteiger partial charge < -0.3 is 14.2 Å². The molecule has 1 atom stereocenters. The number of amides is 3. The number of anilines is 2. The molecule has 1 N–H and O–H groups in total. The summed E-state index contributed by atoms with van der Waals surface area (Å²) in [6.45, 7) is 1.41. The fourth-order valence-corrected chi connectivity index (χ4v) is 5.01. The Morgan fingerprint density at radius 2 is 2.03 bits per heavy atom. The van der Waals surface area contributed by atoms with Crippen molar-refractivity contribution in [3.8, 4) is 0 Å².